The maximum atomic E-state index is 12.3. The lowest BCUT2D eigenvalue weighted by molar-refractivity contribution is -0.136. The number of aromatic nitrogens is 2. The normalized spacial score (nSPS) is 23.0. The third kappa shape index (κ3) is 3.29. The molecular weight excluding hydrogens is 272 g/mol. The molecule has 2 fully saturated rings. The van der Waals surface area contributed by atoms with Crippen molar-refractivity contribution in [2.24, 2.45) is 0 Å². The van der Waals surface area contributed by atoms with Gasteiger partial charge in [0.2, 0.25) is 17.7 Å². The quantitative estimate of drug-likeness (QED) is 0.855. The molecule has 1 aromatic rings. The zero-order valence-electron chi connectivity index (χ0n) is 11.7. The summed E-state index contributed by atoms with van der Waals surface area (Å²) in [6, 6.07) is -0.338. The highest BCUT2D eigenvalue weighted by molar-refractivity contribution is 5.90. The second-order valence-electron chi connectivity index (χ2n) is 5.34. The van der Waals surface area contributed by atoms with Gasteiger partial charge in [-0.2, -0.15) is 0 Å². The number of nitrogens with zero attached hydrogens (tertiary/aromatic N) is 3. The average Bonchev–Trinajstić information content (AvgIpc) is 2.95. The third-order valence-electron chi connectivity index (χ3n) is 3.87. The summed E-state index contributed by atoms with van der Waals surface area (Å²) < 4.78 is 5.74. The average molecular weight is 290 g/mol. The number of hydrogen-bond donors (Lipinski definition) is 1. The summed E-state index contributed by atoms with van der Waals surface area (Å²) in [6.45, 7) is 1.30. The van der Waals surface area contributed by atoms with Crippen LogP contribution in [-0.2, 0) is 9.59 Å². The molecular formula is C14H18N4O3. The van der Waals surface area contributed by atoms with Crippen molar-refractivity contribution in [3.8, 4) is 5.88 Å². The van der Waals surface area contributed by atoms with Crippen molar-refractivity contribution in [1.29, 1.82) is 0 Å². The first kappa shape index (κ1) is 13.8. The molecule has 112 valence electrons. The van der Waals surface area contributed by atoms with Gasteiger partial charge in [-0.3, -0.25) is 14.6 Å². The molecule has 1 atom stereocenters. The number of amides is 2. The van der Waals surface area contributed by atoms with Crippen LogP contribution >= 0.6 is 0 Å². The van der Waals surface area contributed by atoms with E-state index in [9.17, 15) is 9.59 Å². The van der Waals surface area contributed by atoms with E-state index in [4.69, 9.17) is 4.74 Å². The Kier molecular flexibility index (Phi) is 3.98. The Morgan fingerprint density at radius 3 is 2.71 bits per heavy atom. The zero-order valence-corrected chi connectivity index (χ0v) is 11.7. The molecule has 2 saturated heterocycles. The lowest BCUT2D eigenvalue weighted by atomic mass is 10.1. The first-order valence-corrected chi connectivity index (χ1v) is 7.23. The minimum atomic E-state index is -0.338. The maximum Gasteiger partial charge on any atom is 0.245 e. The van der Waals surface area contributed by atoms with Crippen LogP contribution in [0.4, 0.5) is 0 Å². The summed E-state index contributed by atoms with van der Waals surface area (Å²) in [5, 5.41) is 2.72. The fourth-order valence-corrected chi connectivity index (χ4v) is 2.73. The van der Waals surface area contributed by atoms with E-state index < -0.39 is 0 Å². The molecule has 7 nitrogen and oxygen atoms in total. The van der Waals surface area contributed by atoms with Crippen LogP contribution < -0.4 is 10.1 Å². The van der Waals surface area contributed by atoms with Gasteiger partial charge in [0, 0.05) is 44.7 Å². The van der Waals surface area contributed by atoms with Crippen LogP contribution in [0.3, 0.4) is 0 Å². The van der Waals surface area contributed by atoms with Gasteiger partial charge in [0.15, 0.2) is 0 Å². The van der Waals surface area contributed by atoms with Crippen LogP contribution in [0.1, 0.15) is 25.7 Å². The van der Waals surface area contributed by atoms with Crippen molar-refractivity contribution in [3.05, 3.63) is 18.6 Å². The number of likely N-dealkylation sites (tertiary alicyclic amines) is 1. The largest absolute Gasteiger partial charge is 0.473 e. The molecule has 0 spiro atoms. The van der Waals surface area contributed by atoms with Gasteiger partial charge < -0.3 is 15.0 Å². The number of rotatable bonds is 3. The lowest BCUT2D eigenvalue weighted by Crippen LogP contribution is -2.49. The van der Waals surface area contributed by atoms with Crippen LogP contribution in [0.2, 0.25) is 0 Å². The second kappa shape index (κ2) is 6.07. The highest BCUT2D eigenvalue weighted by Crippen LogP contribution is 2.18. The van der Waals surface area contributed by atoms with Crippen LogP contribution in [-0.4, -0.2) is 51.9 Å². The van der Waals surface area contributed by atoms with Crippen molar-refractivity contribution < 1.29 is 14.3 Å². The molecule has 3 rings (SSSR count). The van der Waals surface area contributed by atoms with E-state index in [1.54, 1.807) is 18.6 Å². The van der Waals surface area contributed by atoms with Crippen molar-refractivity contribution in [2.45, 2.75) is 37.8 Å². The molecule has 2 amide bonds. The SMILES string of the molecule is O=C1CC[C@@H](C(=O)N2CCC(Oc3cnccn3)CC2)N1. The zero-order chi connectivity index (χ0) is 14.7. The van der Waals surface area contributed by atoms with E-state index in [1.807, 2.05) is 4.90 Å². The van der Waals surface area contributed by atoms with Gasteiger partial charge in [-0.1, -0.05) is 0 Å². The van der Waals surface area contributed by atoms with Gasteiger partial charge >= 0.3 is 0 Å². The van der Waals surface area contributed by atoms with Crippen molar-refractivity contribution >= 4 is 11.8 Å². The van der Waals surface area contributed by atoms with E-state index in [-0.39, 0.29) is 24.0 Å². The lowest BCUT2D eigenvalue weighted by Gasteiger charge is -2.33. The highest BCUT2D eigenvalue weighted by Gasteiger charge is 2.33. The Bertz CT molecular complexity index is 514. The predicted octanol–water partition coefficient (Wildman–Crippen LogP) is 0.125. The number of carbonyl (C=O) groups is 2. The molecule has 0 aliphatic carbocycles. The standard InChI is InChI=1S/C14H18N4O3/c19-12-2-1-11(17-12)14(20)18-7-3-10(4-8-18)21-13-9-15-5-6-16-13/h5-6,9-11H,1-4,7-8H2,(H,17,19)/t11-/m0/s1. The summed E-state index contributed by atoms with van der Waals surface area (Å²) in [4.78, 5) is 33.3. The van der Waals surface area contributed by atoms with Gasteiger partial charge in [0.1, 0.15) is 12.1 Å². The monoisotopic (exact) mass is 290 g/mol. The molecule has 0 radical (unpaired) electrons. The smallest absolute Gasteiger partial charge is 0.245 e. The van der Waals surface area contributed by atoms with Crippen LogP contribution in [0, 0.1) is 0 Å². The van der Waals surface area contributed by atoms with Crippen molar-refractivity contribution in [1.82, 2.24) is 20.2 Å². The number of carbonyl (C=O) groups excluding carboxylic acids is 2. The first-order valence-electron chi connectivity index (χ1n) is 7.23. The highest BCUT2D eigenvalue weighted by atomic mass is 16.5. The summed E-state index contributed by atoms with van der Waals surface area (Å²) in [6.07, 6.45) is 7.43. The second-order valence-corrected chi connectivity index (χ2v) is 5.34. The number of ether oxygens (including phenoxy) is 1. The Hall–Kier alpha value is -2.18. The summed E-state index contributed by atoms with van der Waals surface area (Å²) in [5.41, 5.74) is 0. The van der Waals surface area contributed by atoms with Crippen molar-refractivity contribution in [2.75, 3.05) is 13.1 Å². The predicted molar refractivity (Wildman–Crippen MR) is 73.4 cm³/mol. The molecule has 0 bridgehead atoms. The fraction of sp³-hybridized carbons (Fsp3) is 0.571. The van der Waals surface area contributed by atoms with Gasteiger partial charge in [-0.25, -0.2) is 4.98 Å². The van der Waals surface area contributed by atoms with Crippen LogP contribution in [0.25, 0.3) is 0 Å². The number of nitrogens with one attached hydrogen (secondary N) is 1. The molecule has 3 heterocycles. The van der Waals surface area contributed by atoms with E-state index in [0.717, 1.165) is 12.8 Å². The number of hydrogen-bond acceptors (Lipinski definition) is 5. The minimum Gasteiger partial charge on any atom is -0.473 e. The Morgan fingerprint density at radius 2 is 2.10 bits per heavy atom. The first-order chi connectivity index (χ1) is 10.2. The van der Waals surface area contributed by atoms with Crippen LogP contribution in [0.5, 0.6) is 5.88 Å². The Balaban J connectivity index is 1.49. The van der Waals surface area contributed by atoms with E-state index >= 15 is 0 Å². The molecule has 0 saturated carbocycles. The molecule has 0 aromatic carbocycles. The third-order valence-corrected chi connectivity index (χ3v) is 3.87. The number of piperidine rings is 1. The maximum absolute atomic E-state index is 12.3. The Labute approximate surface area is 122 Å². The van der Waals surface area contributed by atoms with Gasteiger partial charge in [-0.15, -0.1) is 0 Å². The summed E-state index contributed by atoms with van der Waals surface area (Å²) in [7, 11) is 0. The van der Waals surface area contributed by atoms with Crippen molar-refractivity contribution in [3.63, 3.8) is 0 Å². The molecule has 1 N–H and O–H groups in total. The van der Waals surface area contributed by atoms with Gasteiger partial charge in [0.25, 0.3) is 0 Å². The fourth-order valence-electron chi connectivity index (χ4n) is 2.73. The van der Waals surface area contributed by atoms with Crippen LogP contribution in [0.15, 0.2) is 18.6 Å². The molecule has 1 aromatic heterocycles. The topological polar surface area (TPSA) is 84.4 Å². The minimum absolute atomic E-state index is 0.0267. The van der Waals surface area contributed by atoms with Gasteiger partial charge in [-0.05, 0) is 6.42 Å². The van der Waals surface area contributed by atoms with E-state index in [0.29, 0.717) is 31.8 Å². The molecule has 2 aliphatic heterocycles. The molecule has 0 unspecified atom stereocenters. The summed E-state index contributed by atoms with van der Waals surface area (Å²) >= 11 is 0. The van der Waals surface area contributed by atoms with E-state index in [1.165, 1.54) is 0 Å². The Morgan fingerprint density at radius 1 is 1.29 bits per heavy atom. The van der Waals surface area contributed by atoms with Gasteiger partial charge in [0.05, 0.1) is 6.20 Å². The molecule has 2 aliphatic rings. The molecule has 21 heavy (non-hydrogen) atoms. The van der Waals surface area contributed by atoms with E-state index in [2.05, 4.69) is 15.3 Å². The molecule has 7 heteroatoms. The summed E-state index contributed by atoms with van der Waals surface area (Å²) in [5.74, 6) is 0.512.